The summed E-state index contributed by atoms with van der Waals surface area (Å²) < 4.78 is 37.8. The number of nitrogens with zero attached hydrogens (tertiary/aromatic N) is 1. The molecule has 3 nitrogen and oxygen atoms in total. The van der Waals surface area contributed by atoms with Crippen molar-refractivity contribution in [3.05, 3.63) is 11.3 Å². The molecule has 3 N–H and O–H groups in total. The third-order valence-corrected chi connectivity index (χ3v) is 2.88. The lowest BCUT2D eigenvalue weighted by atomic mass is 9.97. The van der Waals surface area contributed by atoms with Crippen LogP contribution in [-0.4, -0.2) is 10.2 Å². The lowest BCUT2D eigenvalue weighted by molar-refractivity contribution is -0.141. The fourth-order valence-corrected chi connectivity index (χ4v) is 2.21. The topological polar surface area (TPSA) is 54.7 Å². The van der Waals surface area contributed by atoms with E-state index in [1.54, 1.807) is 0 Å². The number of anilines is 1. The zero-order chi connectivity index (χ0) is 11.1. The predicted octanol–water partition coefficient (Wildman–Crippen LogP) is 2.67. The summed E-state index contributed by atoms with van der Waals surface area (Å²) in [7, 11) is 0. The number of alkyl halides is 3. The Hall–Kier alpha value is -1.20. The van der Waals surface area contributed by atoms with Crippen LogP contribution in [0.3, 0.4) is 0 Å². The minimum Gasteiger partial charge on any atom is -0.382 e. The quantitative estimate of drug-likeness (QED) is 0.762. The molecule has 1 aromatic rings. The molecule has 1 aliphatic carbocycles. The third-order valence-electron chi connectivity index (χ3n) is 2.88. The van der Waals surface area contributed by atoms with Gasteiger partial charge in [0.2, 0.25) is 0 Å². The molecule has 1 aromatic heterocycles. The van der Waals surface area contributed by atoms with Crippen LogP contribution >= 0.6 is 0 Å². The molecule has 0 radical (unpaired) electrons. The summed E-state index contributed by atoms with van der Waals surface area (Å²) >= 11 is 0. The monoisotopic (exact) mass is 219 g/mol. The average molecular weight is 219 g/mol. The van der Waals surface area contributed by atoms with Crippen molar-refractivity contribution in [3.63, 3.8) is 0 Å². The first-order valence-electron chi connectivity index (χ1n) is 4.91. The first kappa shape index (κ1) is 10.3. The molecule has 84 valence electrons. The van der Waals surface area contributed by atoms with Gasteiger partial charge in [-0.05, 0) is 18.8 Å². The smallest absolute Gasteiger partial charge is 0.382 e. The van der Waals surface area contributed by atoms with Crippen molar-refractivity contribution >= 4 is 5.82 Å². The molecule has 1 aliphatic rings. The highest BCUT2D eigenvalue weighted by molar-refractivity contribution is 5.46. The van der Waals surface area contributed by atoms with Gasteiger partial charge in [-0.2, -0.15) is 18.3 Å². The van der Waals surface area contributed by atoms with Crippen LogP contribution in [0.5, 0.6) is 0 Å². The molecule has 0 aliphatic heterocycles. The zero-order valence-corrected chi connectivity index (χ0v) is 8.06. The number of nitrogens with one attached hydrogen (secondary N) is 1. The number of aromatic nitrogens is 2. The lowest BCUT2D eigenvalue weighted by Gasteiger charge is -2.12. The number of hydrogen-bond donors (Lipinski definition) is 2. The number of H-pyrrole nitrogens is 1. The van der Waals surface area contributed by atoms with E-state index in [0.717, 1.165) is 25.7 Å². The van der Waals surface area contributed by atoms with Gasteiger partial charge in [0.05, 0.1) is 0 Å². The minimum atomic E-state index is -4.39. The minimum absolute atomic E-state index is 0.00535. The number of aromatic amines is 1. The van der Waals surface area contributed by atoms with E-state index < -0.39 is 11.9 Å². The van der Waals surface area contributed by atoms with Gasteiger partial charge in [-0.15, -0.1) is 0 Å². The summed E-state index contributed by atoms with van der Waals surface area (Å²) in [6.45, 7) is 0. The van der Waals surface area contributed by atoms with Crippen LogP contribution in [-0.2, 0) is 6.18 Å². The number of rotatable bonds is 1. The molecule has 2 rings (SSSR count). The molecule has 15 heavy (non-hydrogen) atoms. The highest BCUT2D eigenvalue weighted by Crippen LogP contribution is 2.42. The van der Waals surface area contributed by atoms with Crippen molar-refractivity contribution < 1.29 is 13.2 Å². The SMILES string of the molecule is Nc1n[nH]c(C(F)(F)F)c1C1CCCC1. The molecular weight excluding hydrogens is 207 g/mol. The van der Waals surface area contributed by atoms with E-state index in [9.17, 15) is 13.2 Å². The number of hydrogen-bond acceptors (Lipinski definition) is 2. The number of halogens is 3. The molecule has 0 saturated heterocycles. The normalized spacial score (nSPS) is 18.6. The third kappa shape index (κ3) is 1.80. The van der Waals surface area contributed by atoms with Crippen LogP contribution in [0.25, 0.3) is 0 Å². The van der Waals surface area contributed by atoms with Gasteiger partial charge in [-0.3, -0.25) is 5.10 Å². The summed E-state index contributed by atoms with van der Waals surface area (Å²) in [6.07, 6.45) is -0.915. The molecule has 1 fully saturated rings. The van der Waals surface area contributed by atoms with E-state index >= 15 is 0 Å². The summed E-state index contributed by atoms with van der Waals surface area (Å²) in [5.74, 6) is -0.0883. The van der Waals surface area contributed by atoms with Crippen molar-refractivity contribution in [2.45, 2.75) is 37.8 Å². The van der Waals surface area contributed by atoms with Crippen LogP contribution in [0.15, 0.2) is 0 Å². The maximum absolute atomic E-state index is 12.6. The van der Waals surface area contributed by atoms with Crippen LogP contribution in [0.2, 0.25) is 0 Å². The summed E-state index contributed by atoms with van der Waals surface area (Å²) in [6, 6.07) is 0. The fourth-order valence-electron chi connectivity index (χ4n) is 2.21. The molecule has 0 bridgehead atoms. The van der Waals surface area contributed by atoms with E-state index in [0.29, 0.717) is 0 Å². The van der Waals surface area contributed by atoms with Gasteiger partial charge < -0.3 is 5.73 Å². The summed E-state index contributed by atoms with van der Waals surface area (Å²) in [5, 5.41) is 5.45. The lowest BCUT2D eigenvalue weighted by Crippen LogP contribution is -2.11. The average Bonchev–Trinajstić information content (AvgIpc) is 2.69. The van der Waals surface area contributed by atoms with E-state index in [-0.39, 0.29) is 17.3 Å². The van der Waals surface area contributed by atoms with Crippen LogP contribution in [0.4, 0.5) is 19.0 Å². The van der Waals surface area contributed by atoms with Gasteiger partial charge in [-0.1, -0.05) is 12.8 Å². The van der Waals surface area contributed by atoms with E-state index in [1.165, 1.54) is 0 Å². The van der Waals surface area contributed by atoms with Crippen molar-refractivity contribution in [3.8, 4) is 0 Å². The van der Waals surface area contributed by atoms with Crippen molar-refractivity contribution in [2.75, 3.05) is 5.73 Å². The Morgan fingerprint density at radius 2 is 1.87 bits per heavy atom. The Morgan fingerprint density at radius 1 is 1.27 bits per heavy atom. The van der Waals surface area contributed by atoms with E-state index in [4.69, 9.17) is 5.73 Å². The highest BCUT2D eigenvalue weighted by Gasteiger charge is 2.39. The largest absolute Gasteiger partial charge is 0.433 e. The summed E-state index contributed by atoms with van der Waals surface area (Å²) in [4.78, 5) is 0. The molecule has 0 unspecified atom stereocenters. The second-order valence-electron chi connectivity index (χ2n) is 3.88. The zero-order valence-electron chi connectivity index (χ0n) is 8.06. The molecule has 0 amide bonds. The second-order valence-corrected chi connectivity index (χ2v) is 3.88. The molecule has 0 spiro atoms. The standard InChI is InChI=1S/C9H12F3N3/c10-9(11,12)7-6(8(13)15-14-7)5-3-1-2-4-5/h5H,1-4H2,(H3,13,14,15). The van der Waals surface area contributed by atoms with Crippen molar-refractivity contribution in [1.82, 2.24) is 10.2 Å². The Bertz CT molecular complexity index is 350. The first-order chi connectivity index (χ1) is 7.00. The van der Waals surface area contributed by atoms with Gasteiger partial charge in [0.15, 0.2) is 0 Å². The number of nitrogen functional groups attached to an aromatic ring is 1. The van der Waals surface area contributed by atoms with Gasteiger partial charge in [-0.25, -0.2) is 0 Å². The molecule has 1 saturated carbocycles. The van der Waals surface area contributed by atoms with Gasteiger partial charge in [0.25, 0.3) is 0 Å². The second kappa shape index (κ2) is 3.43. The van der Waals surface area contributed by atoms with E-state index in [1.807, 2.05) is 5.10 Å². The number of nitrogens with two attached hydrogens (primary N) is 1. The van der Waals surface area contributed by atoms with Gasteiger partial charge in [0, 0.05) is 5.56 Å². The molecule has 1 heterocycles. The molecule has 0 atom stereocenters. The van der Waals surface area contributed by atoms with Crippen molar-refractivity contribution in [2.24, 2.45) is 0 Å². The van der Waals surface area contributed by atoms with Crippen molar-refractivity contribution in [1.29, 1.82) is 0 Å². The summed E-state index contributed by atoms with van der Waals surface area (Å²) in [5.41, 5.74) is 4.87. The molecular formula is C9H12F3N3. The van der Waals surface area contributed by atoms with Gasteiger partial charge >= 0.3 is 6.18 Å². The van der Waals surface area contributed by atoms with Gasteiger partial charge in [0.1, 0.15) is 11.5 Å². The van der Waals surface area contributed by atoms with Crippen LogP contribution < -0.4 is 5.73 Å². The molecule has 0 aromatic carbocycles. The highest BCUT2D eigenvalue weighted by atomic mass is 19.4. The first-order valence-corrected chi connectivity index (χ1v) is 4.91. The molecule has 6 heteroatoms. The Labute approximate surface area is 84.8 Å². The maximum Gasteiger partial charge on any atom is 0.433 e. The van der Waals surface area contributed by atoms with Crippen LogP contribution in [0, 0.1) is 0 Å². The Balaban J connectivity index is 2.39. The fraction of sp³-hybridized carbons (Fsp3) is 0.667. The Kier molecular flexibility index (Phi) is 2.36. The van der Waals surface area contributed by atoms with E-state index in [2.05, 4.69) is 5.10 Å². The predicted molar refractivity (Wildman–Crippen MR) is 49.2 cm³/mol. The maximum atomic E-state index is 12.6. The Morgan fingerprint density at radius 3 is 2.40 bits per heavy atom. The van der Waals surface area contributed by atoms with Crippen LogP contribution in [0.1, 0.15) is 42.9 Å².